The van der Waals surface area contributed by atoms with E-state index in [4.69, 9.17) is 14.2 Å². The summed E-state index contributed by atoms with van der Waals surface area (Å²) in [6.07, 6.45) is -0.747. The van der Waals surface area contributed by atoms with Gasteiger partial charge in [-0.25, -0.2) is 0 Å². The Kier molecular flexibility index (Phi) is 9.76. The van der Waals surface area contributed by atoms with Gasteiger partial charge in [0.2, 0.25) is 0 Å². The Morgan fingerprint density at radius 2 is 1.44 bits per heavy atom. The molecular weight excluding hydrogens is 344 g/mol. The third-order valence-electron chi connectivity index (χ3n) is 4.04. The van der Waals surface area contributed by atoms with Crippen molar-refractivity contribution in [2.75, 3.05) is 19.8 Å². The number of hydrogen-bond donors (Lipinski definition) is 2. The minimum absolute atomic E-state index is 0.0661. The molecule has 5 nitrogen and oxygen atoms in total. The molecule has 0 unspecified atom stereocenters. The molecule has 2 aromatic rings. The largest absolute Gasteiger partial charge is 0.394 e. The lowest BCUT2D eigenvalue weighted by Crippen LogP contribution is -2.45. The van der Waals surface area contributed by atoms with Crippen LogP contribution in [-0.4, -0.2) is 48.3 Å². The van der Waals surface area contributed by atoms with E-state index in [2.05, 4.69) is 6.58 Å². The molecule has 0 aliphatic carbocycles. The Balaban J connectivity index is 2.01. The van der Waals surface area contributed by atoms with Crippen LogP contribution in [0.2, 0.25) is 0 Å². The Morgan fingerprint density at radius 3 is 1.96 bits per heavy atom. The Hall–Kier alpha value is -2.02. The van der Waals surface area contributed by atoms with Gasteiger partial charge in [0.15, 0.2) is 0 Å². The monoisotopic (exact) mass is 372 g/mol. The molecule has 0 spiro atoms. The standard InChI is InChI=1S/C22H28O5/c1-2-13-25-17-20(24)22(27-16-19-11-7-4-8-12-19)21(14-23)26-15-18-9-5-3-6-10-18/h2-12,20-24H,1,13-17H2/t20-,21+,22-/m1/s1. The van der Waals surface area contributed by atoms with Crippen LogP contribution in [0.4, 0.5) is 0 Å². The normalized spacial score (nSPS) is 14.4. The molecule has 0 aromatic heterocycles. The van der Waals surface area contributed by atoms with Crippen LogP contribution in [0.1, 0.15) is 11.1 Å². The highest BCUT2D eigenvalue weighted by Crippen LogP contribution is 2.15. The van der Waals surface area contributed by atoms with Crippen LogP contribution in [-0.2, 0) is 27.4 Å². The Bertz CT molecular complexity index is 632. The molecule has 2 N–H and O–H groups in total. The maximum atomic E-state index is 10.5. The molecule has 0 aliphatic rings. The molecule has 0 amide bonds. The van der Waals surface area contributed by atoms with Crippen molar-refractivity contribution in [1.29, 1.82) is 0 Å². The Morgan fingerprint density at radius 1 is 0.889 bits per heavy atom. The highest BCUT2D eigenvalue weighted by molar-refractivity contribution is 5.14. The van der Waals surface area contributed by atoms with Crippen LogP contribution >= 0.6 is 0 Å². The molecule has 0 bridgehead atoms. The molecule has 0 saturated carbocycles. The van der Waals surface area contributed by atoms with Gasteiger partial charge in [0.05, 0.1) is 33.0 Å². The number of rotatable bonds is 13. The summed E-state index contributed by atoms with van der Waals surface area (Å²) in [6.45, 7) is 4.33. The molecule has 0 radical (unpaired) electrons. The van der Waals surface area contributed by atoms with Crippen molar-refractivity contribution in [3.8, 4) is 0 Å². The second-order valence-corrected chi connectivity index (χ2v) is 6.17. The maximum absolute atomic E-state index is 10.5. The van der Waals surface area contributed by atoms with Crippen LogP contribution < -0.4 is 0 Å². The van der Waals surface area contributed by atoms with Crippen molar-refractivity contribution in [1.82, 2.24) is 0 Å². The summed E-state index contributed by atoms with van der Waals surface area (Å²) in [7, 11) is 0. The first kappa shape index (κ1) is 21.3. The third-order valence-corrected chi connectivity index (χ3v) is 4.04. The molecule has 27 heavy (non-hydrogen) atoms. The number of hydrogen-bond acceptors (Lipinski definition) is 5. The minimum Gasteiger partial charge on any atom is -0.394 e. The quantitative estimate of drug-likeness (QED) is 0.418. The Labute approximate surface area is 160 Å². The van der Waals surface area contributed by atoms with Crippen molar-refractivity contribution in [2.45, 2.75) is 31.5 Å². The van der Waals surface area contributed by atoms with E-state index < -0.39 is 18.3 Å². The molecule has 5 heteroatoms. The van der Waals surface area contributed by atoms with Crippen LogP contribution in [0.25, 0.3) is 0 Å². The zero-order valence-corrected chi connectivity index (χ0v) is 15.4. The lowest BCUT2D eigenvalue weighted by atomic mass is 10.1. The smallest absolute Gasteiger partial charge is 0.114 e. The molecule has 3 atom stereocenters. The van der Waals surface area contributed by atoms with Gasteiger partial charge in [-0.1, -0.05) is 66.7 Å². The predicted octanol–water partition coefficient (Wildman–Crippen LogP) is 2.71. The van der Waals surface area contributed by atoms with E-state index in [-0.39, 0.29) is 13.2 Å². The second kappa shape index (κ2) is 12.4. The van der Waals surface area contributed by atoms with Crippen molar-refractivity contribution >= 4 is 0 Å². The van der Waals surface area contributed by atoms with Gasteiger partial charge in [-0.2, -0.15) is 0 Å². The summed E-state index contributed by atoms with van der Waals surface area (Å²) in [4.78, 5) is 0. The number of benzene rings is 2. The molecule has 146 valence electrons. The van der Waals surface area contributed by atoms with Crippen molar-refractivity contribution in [3.63, 3.8) is 0 Å². The van der Waals surface area contributed by atoms with Crippen molar-refractivity contribution in [2.24, 2.45) is 0 Å². The fourth-order valence-corrected chi connectivity index (χ4v) is 2.63. The molecule has 0 fully saturated rings. The second-order valence-electron chi connectivity index (χ2n) is 6.17. The van der Waals surface area contributed by atoms with Crippen molar-refractivity contribution in [3.05, 3.63) is 84.4 Å². The van der Waals surface area contributed by atoms with E-state index in [1.807, 2.05) is 60.7 Å². The molecule has 2 aromatic carbocycles. The highest BCUT2D eigenvalue weighted by atomic mass is 16.6. The fourth-order valence-electron chi connectivity index (χ4n) is 2.63. The first-order valence-electron chi connectivity index (χ1n) is 9.03. The van der Waals surface area contributed by atoms with Gasteiger partial charge in [-0.15, -0.1) is 6.58 Å². The van der Waals surface area contributed by atoms with Gasteiger partial charge in [-0.05, 0) is 11.1 Å². The van der Waals surface area contributed by atoms with Gasteiger partial charge in [-0.3, -0.25) is 0 Å². The number of aliphatic hydroxyl groups is 2. The summed E-state index contributed by atoms with van der Waals surface area (Å²) in [6, 6.07) is 19.3. The summed E-state index contributed by atoms with van der Waals surface area (Å²) >= 11 is 0. The topological polar surface area (TPSA) is 68.2 Å². The van der Waals surface area contributed by atoms with Gasteiger partial charge in [0.1, 0.15) is 18.3 Å². The number of ether oxygens (including phenoxy) is 3. The molecule has 0 heterocycles. The van der Waals surface area contributed by atoms with Crippen LogP contribution in [0.15, 0.2) is 73.3 Å². The SMILES string of the molecule is C=CCOC[C@@H](O)[C@@H](OCc1ccccc1)[C@H](CO)OCc1ccccc1. The third kappa shape index (κ3) is 7.62. The zero-order chi connectivity index (χ0) is 19.3. The van der Waals surface area contributed by atoms with Gasteiger partial charge in [0.25, 0.3) is 0 Å². The summed E-state index contributed by atoms with van der Waals surface area (Å²) in [5.74, 6) is 0. The first-order valence-corrected chi connectivity index (χ1v) is 9.03. The van der Waals surface area contributed by atoms with E-state index in [9.17, 15) is 10.2 Å². The number of aliphatic hydroxyl groups excluding tert-OH is 2. The fraction of sp³-hybridized carbons (Fsp3) is 0.364. The molecule has 0 aliphatic heterocycles. The molecule has 2 rings (SSSR count). The molecule has 0 saturated heterocycles. The van der Waals surface area contributed by atoms with E-state index in [0.717, 1.165) is 11.1 Å². The first-order chi connectivity index (χ1) is 13.2. The average Bonchev–Trinajstić information content (AvgIpc) is 2.72. The van der Waals surface area contributed by atoms with Crippen LogP contribution in [0.5, 0.6) is 0 Å². The summed E-state index contributed by atoms with van der Waals surface area (Å²) in [5.41, 5.74) is 1.96. The summed E-state index contributed by atoms with van der Waals surface area (Å²) in [5, 5.41) is 20.4. The van der Waals surface area contributed by atoms with E-state index >= 15 is 0 Å². The lowest BCUT2D eigenvalue weighted by Gasteiger charge is -2.30. The zero-order valence-electron chi connectivity index (χ0n) is 15.4. The summed E-state index contributed by atoms with van der Waals surface area (Å²) < 4.78 is 17.1. The van der Waals surface area contributed by atoms with E-state index in [1.165, 1.54) is 0 Å². The van der Waals surface area contributed by atoms with Crippen LogP contribution in [0.3, 0.4) is 0 Å². The maximum Gasteiger partial charge on any atom is 0.114 e. The molecular formula is C22H28O5. The highest BCUT2D eigenvalue weighted by Gasteiger charge is 2.30. The lowest BCUT2D eigenvalue weighted by molar-refractivity contribution is -0.155. The van der Waals surface area contributed by atoms with Crippen molar-refractivity contribution < 1.29 is 24.4 Å². The van der Waals surface area contributed by atoms with Gasteiger partial charge in [0, 0.05) is 0 Å². The van der Waals surface area contributed by atoms with Gasteiger partial charge >= 0.3 is 0 Å². The predicted molar refractivity (Wildman–Crippen MR) is 104 cm³/mol. The van der Waals surface area contributed by atoms with E-state index in [0.29, 0.717) is 19.8 Å². The van der Waals surface area contributed by atoms with Gasteiger partial charge < -0.3 is 24.4 Å². The van der Waals surface area contributed by atoms with Crippen LogP contribution in [0, 0.1) is 0 Å². The van der Waals surface area contributed by atoms with E-state index in [1.54, 1.807) is 6.08 Å². The average molecular weight is 372 g/mol. The minimum atomic E-state index is -0.943.